The van der Waals surface area contributed by atoms with E-state index in [2.05, 4.69) is 10.3 Å². The fourth-order valence-corrected chi connectivity index (χ4v) is 2.40. The molecule has 0 saturated carbocycles. The summed E-state index contributed by atoms with van der Waals surface area (Å²) in [6.45, 7) is 2.21. The summed E-state index contributed by atoms with van der Waals surface area (Å²) in [5, 5.41) is 6.48. The average molecular weight is 183 g/mol. The molecule has 1 unspecified atom stereocenters. The van der Waals surface area contributed by atoms with E-state index >= 15 is 0 Å². The Morgan fingerprint density at radius 2 is 2.58 bits per heavy atom. The fraction of sp³-hybridized carbons (Fsp3) is 0.625. The summed E-state index contributed by atoms with van der Waals surface area (Å²) in [4.78, 5) is 4.29. The van der Waals surface area contributed by atoms with Crippen LogP contribution < -0.4 is 11.1 Å². The van der Waals surface area contributed by atoms with Crippen LogP contribution in [0.5, 0.6) is 0 Å². The zero-order valence-corrected chi connectivity index (χ0v) is 7.73. The fourth-order valence-electron chi connectivity index (χ4n) is 1.55. The first-order valence-electron chi connectivity index (χ1n) is 4.28. The highest BCUT2D eigenvalue weighted by Gasteiger charge is 2.17. The number of nitrogens with two attached hydrogens (primary N) is 1. The van der Waals surface area contributed by atoms with E-state index in [9.17, 15) is 0 Å². The van der Waals surface area contributed by atoms with E-state index in [4.69, 9.17) is 5.73 Å². The first-order chi connectivity index (χ1) is 5.86. The van der Waals surface area contributed by atoms with E-state index in [0.717, 1.165) is 13.1 Å². The van der Waals surface area contributed by atoms with Crippen molar-refractivity contribution in [3.8, 4) is 0 Å². The van der Waals surface area contributed by atoms with Crippen LogP contribution in [-0.4, -0.2) is 18.1 Å². The van der Waals surface area contributed by atoms with Crippen LogP contribution in [0.4, 0.5) is 5.82 Å². The molecule has 0 aromatic carbocycles. The Kier molecular flexibility index (Phi) is 2.28. The minimum Gasteiger partial charge on any atom is -0.383 e. The Labute approximate surface area is 76.0 Å². The highest BCUT2D eigenvalue weighted by Crippen LogP contribution is 2.26. The maximum absolute atomic E-state index is 5.56. The largest absolute Gasteiger partial charge is 0.383 e. The van der Waals surface area contributed by atoms with Gasteiger partial charge >= 0.3 is 0 Å². The van der Waals surface area contributed by atoms with Crippen molar-refractivity contribution in [2.45, 2.75) is 18.8 Å². The predicted molar refractivity (Wildman–Crippen MR) is 51.4 cm³/mol. The first-order valence-corrected chi connectivity index (χ1v) is 5.16. The first kappa shape index (κ1) is 8.01. The molecule has 0 bridgehead atoms. The van der Waals surface area contributed by atoms with Crippen molar-refractivity contribution in [2.24, 2.45) is 0 Å². The Morgan fingerprint density at radius 3 is 3.17 bits per heavy atom. The van der Waals surface area contributed by atoms with E-state index in [0.29, 0.717) is 11.7 Å². The quantitative estimate of drug-likeness (QED) is 0.687. The van der Waals surface area contributed by atoms with Crippen LogP contribution in [0.25, 0.3) is 0 Å². The number of thiazole rings is 1. The van der Waals surface area contributed by atoms with Gasteiger partial charge < -0.3 is 11.1 Å². The standard InChI is InChI=1S/C8H13N3S/c9-7-5-12-8(11-7)6-2-1-3-10-4-6/h5-6,10H,1-4,9H2. The molecule has 0 radical (unpaired) electrons. The van der Waals surface area contributed by atoms with Crippen molar-refractivity contribution in [1.82, 2.24) is 10.3 Å². The van der Waals surface area contributed by atoms with Gasteiger partial charge in [0, 0.05) is 17.8 Å². The minimum atomic E-state index is 0.598. The lowest BCUT2D eigenvalue weighted by Crippen LogP contribution is -2.28. The van der Waals surface area contributed by atoms with Crippen molar-refractivity contribution in [3.63, 3.8) is 0 Å². The number of anilines is 1. The maximum Gasteiger partial charge on any atom is 0.134 e. The van der Waals surface area contributed by atoms with Crippen LogP contribution in [-0.2, 0) is 0 Å². The van der Waals surface area contributed by atoms with E-state index in [1.54, 1.807) is 11.3 Å². The smallest absolute Gasteiger partial charge is 0.134 e. The second-order valence-electron chi connectivity index (χ2n) is 3.15. The van der Waals surface area contributed by atoms with Crippen LogP contribution in [0.1, 0.15) is 23.8 Å². The van der Waals surface area contributed by atoms with Crippen molar-refractivity contribution >= 4 is 17.2 Å². The molecule has 12 heavy (non-hydrogen) atoms. The van der Waals surface area contributed by atoms with Gasteiger partial charge in [0.05, 0.1) is 5.01 Å². The number of rotatable bonds is 1. The molecule has 1 fully saturated rings. The van der Waals surface area contributed by atoms with Gasteiger partial charge in [0.25, 0.3) is 0 Å². The van der Waals surface area contributed by atoms with E-state index in [1.807, 2.05) is 5.38 Å². The number of piperidine rings is 1. The van der Waals surface area contributed by atoms with Gasteiger partial charge in [0.15, 0.2) is 0 Å². The van der Waals surface area contributed by atoms with Gasteiger partial charge in [-0.25, -0.2) is 4.98 Å². The molecule has 2 rings (SSSR count). The summed E-state index contributed by atoms with van der Waals surface area (Å²) in [5.41, 5.74) is 5.56. The number of hydrogen-bond acceptors (Lipinski definition) is 4. The molecule has 4 heteroatoms. The van der Waals surface area contributed by atoms with Crippen LogP contribution in [0.15, 0.2) is 5.38 Å². The van der Waals surface area contributed by atoms with Crippen molar-refractivity contribution in [3.05, 3.63) is 10.4 Å². The molecule has 3 nitrogen and oxygen atoms in total. The average Bonchev–Trinajstić information content (AvgIpc) is 2.54. The number of nitrogen functional groups attached to an aromatic ring is 1. The van der Waals surface area contributed by atoms with Crippen LogP contribution in [0.3, 0.4) is 0 Å². The molecule has 0 spiro atoms. The molecule has 3 N–H and O–H groups in total. The van der Waals surface area contributed by atoms with Crippen LogP contribution >= 0.6 is 11.3 Å². The minimum absolute atomic E-state index is 0.598. The van der Waals surface area contributed by atoms with Gasteiger partial charge in [-0.15, -0.1) is 11.3 Å². The van der Waals surface area contributed by atoms with E-state index in [-0.39, 0.29) is 0 Å². The normalized spacial score (nSPS) is 24.2. The summed E-state index contributed by atoms with van der Waals surface area (Å²) >= 11 is 1.68. The topological polar surface area (TPSA) is 50.9 Å². The van der Waals surface area contributed by atoms with Crippen molar-refractivity contribution in [1.29, 1.82) is 0 Å². The second-order valence-corrected chi connectivity index (χ2v) is 4.04. The maximum atomic E-state index is 5.56. The summed E-state index contributed by atoms with van der Waals surface area (Å²) < 4.78 is 0. The van der Waals surface area contributed by atoms with Gasteiger partial charge in [0.1, 0.15) is 5.82 Å². The molecule has 1 aliphatic rings. The third-order valence-corrected chi connectivity index (χ3v) is 3.21. The second kappa shape index (κ2) is 3.41. The van der Waals surface area contributed by atoms with Gasteiger partial charge in [-0.1, -0.05) is 0 Å². The van der Waals surface area contributed by atoms with E-state index < -0.39 is 0 Å². The summed E-state index contributed by atoms with van der Waals surface area (Å²) in [5.74, 6) is 1.27. The molecule has 1 saturated heterocycles. The van der Waals surface area contributed by atoms with Gasteiger partial charge in [-0.3, -0.25) is 0 Å². The Morgan fingerprint density at radius 1 is 1.67 bits per heavy atom. The van der Waals surface area contributed by atoms with Crippen LogP contribution in [0, 0.1) is 0 Å². The van der Waals surface area contributed by atoms with Crippen molar-refractivity contribution in [2.75, 3.05) is 18.8 Å². The van der Waals surface area contributed by atoms with Crippen molar-refractivity contribution < 1.29 is 0 Å². The molecule has 1 aliphatic heterocycles. The number of aromatic nitrogens is 1. The zero-order valence-electron chi connectivity index (χ0n) is 6.92. The third kappa shape index (κ3) is 1.59. The molecule has 0 amide bonds. The number of hydrogen-bond donors (Lipinski definition) is 2. The summed E-state index contributed by atoms with van der Waals surface area (Å²) in [6.07, 6.45) is 2.50. The monoisotopic (exact) mass is 183 g/mol. The lowest BCUT2D eigenvalue weighted by Gasteiger charge is -2.20. The Hall–Kier alpha value is -0.610. The molecular weight excluding hydrogens is 170 g/mol. The molecule has 66 valence electrons. The lowest BCUT2D eigenvalue weighted by atomic mass is 10.0. The Balaban J connectivity index is 2.08. The summed E-state index contributed by atoms with van der Waals surface area (Å²) in [6, 6.07) is 0. The molecule has 1 aromatic rings. The molecule has 2 heterocycles. The molecular formula is C8H13N3S. The summed E-state index contributed by atoms with van der Waals surface area (Å²) in [7, 11) is 0. The zero-order chi connectivity index (χ0) is 8.39. The number of nitrogens with zero attached hydrogens (tertiary/aromatic N) is 1. The molecule has 0 aliphatic carbocycles. The van der Waals surface area contributed by atoms with Gasteiger partial charge in [0.2, 0.25) is 0 Å². The van der Waals surface area contributed by atoms with Gasteiger partial charge in [-0.05, 0) is 19.4 Å². The lowest BCUT2D eigenvalue weighted by molar-refractivity contribution is 0.460. The molecule has 1 aromatic heterocycles. The predicted octanol–water partition coefficient (Wildman–Crippen LogP) is 1.19. The van der Waals surface area contributed by atoms with Gasteiger partial charge in [-0.2, -0.15) is 0 Å². The highest BCUT2D eigenvalue weighted by molar-refractivity contribution is 7.10. The SMILES string of the molecule is Nc1csc(C2CCCNC2)n1. The molecule has 1 atom stereocenters. The number of nitrogens with one attached hydrogen (secondary N) is 1. The highest BCUT2D eigenvalue weighted by atomic mass is 32.1. The Bertz CT molecular complexity index is 253. The van der Waals surface area contributed by atoms with E-state index in [1.165, 1.54) is 17.8 Å². The van der Waals surface area contributed by atoms with Crippen LogP contribution in [0.2, 0.25) is 0 Å². The third-order valence-electron chi connectivity index (χ3n) is 2.19.